The Bertz CT molecular complexity index is 648. The van der Waals surface area contributed by atoms with Crippen LogP contribution in [0.2, 0.25) is 5.02 Å². The first kappa shape index (κ1) is 13.4. The number of benzene rings is 1. The fourth-order valence-corrected chi connectivity index (χ4v) is 2.19. The second-order valence-corrected chi connectivity index (χ2v) is 4.47. The number of methoxy groups -OCH3 is 1. The SMILES string of the molecule is COc1cc(C)c(-c2cc(C(=O)O)on2)c(C)c1Cl. The molecule has 5 nitrogen and oxygen atoms in total. The number of carboxylic acid groups (broad SMARTS) is 1. The molecule has 2 aromatic rings. The first-order valence-corrected chi connectivity index (χ1v) is 5.87. The summed E-state index contributed by atoms with van der Waals surface area (Å²) in [5, 5.41) is 13.1. The largest absolute Gasteiger partial charge is 0.495 e. The van der Waals surface area contributed by atoms with Gasteiger partial charge in [-0.3, -0.25) is 0 Å². The molecule has 1 heterocycles. The number of aromatic nitrogens is 1. The van der Waals surface area contributed by atoms with E-state index in [2.05, 4.69) is 5.16 Å². The highest BCUT2D eigenvalue weighted by Gasteiger charge is 2.18. The zero-order valence-electron chi connectivity index (χ0n) is 10.7. The Balaban J connectivity index is 2.61. The third-order valence-electron chi connectivity index (χ3n) is 2.86. The predicted octanol–water partition coefficient (Wildman–Crippen LogP) is 3.32. The number of halogens is 1. The van der Waals surface area contributed by atoms with Crippen LogP contribution in [0.25, 0.3) is 11.3 Å². The Morgan fingerprint density at radius 1 is 1.42 bits per heavy atom. The minimum Gasteiger partial charge on any atom is -0.495 e. The molecule has 2 rings (SSSR count). The highest BCUT2D eigenvalue weighted by molar-refractivity contribution is 6.33. The van der Waals surface area contributed by atoms with E-state index in [4.69, 9.17) is 26.0 Å². The second-order valence-electron chi connectivity index (χ2n) is 4.09. The highest BCUT2D eigenvalue weighted by Crippen LogP contribution is 2.37. The van der Waals surface area contributed by atoms with Gasteiger partial charge in [-0.25, -0.2) is 4.79 Å². The monoisotopic (exact) mass is 281 g/mol. The van der Waals surface area contributed by atoms with Crippen molar-refractivity contribution < 1.29 is 19.2 Å². The molecule has 6 heteroatoms. The predicted molar refractivity (Wildman–Crippen MR) is 69.9 cm³/mol. The van der Waals surface area contributed by atoms with E-state index in [0.717, 1.165) is 16.7 Å². The van der Waals surface area contributed by atoms with Crippen molar-refractivity contribution in [3.63, 3.8) is 0 Å². The van der Waals surface area contributed by atoms with Gasteiger partial charge in [0.1, 0.15) is 11.4 Å². The Morgan fingerprint density at radius 2 is 2.11 bits per heavy atom. The Morgan fingerprint density at radius 3 is 2.63 bits per heavy atom. The maximum Gasteiger partial charge on any atom is 0.374 e. The lowest BCUT2D eigenvalue weighted by Gasteiger charge is -2.12. The summed E-state index contributed by atoms with van der Waals surface area (Å²) in [5.74, 6) is -0.795. The number of ether oxygens (including phenoxy) is 1. The van der Waals surface area contributed by atoms with Gasteiger partial charge in [0.15, 0.2) is 0 Å². The van der Waals surface area contributed by atoms with E-state index in [-0.39, 0.29) is 5.76 Å². The van der Waals surface area contributed by atoms with Crippen molar-refractivity contribution in [3.8, 4) is 17.0 Å². The van der Waals surface area contributed by atoms with E-state index in [9.17, 15) is 4.79 Å². The molecular weight excluding hydrogens is 270 g/mol. The minimum absolute atomic E-state index is 0.208. The molecule has 0 radical (unpaired) electrons. The van der Waals surface area contributed by atoms with Gasteiger partial charge in [0.25, 0.3) is 0 Å². The third kappa shape index (κ3) is 2.29. The standard InChI is InChI=1S/C13H12ClNO4/c1-6-4-9(18-3)12(14)7(2)11(6)8-5-10(13(16)17)19-15-8/h4-5H,1-3H3,(H,16,17). The van der Waals surface area contributed by atoms with Crippen LogP contribution in [0, 0.1) is 13.8 Å². The normalized spacial score (nSPS) is 10.5. The van der Waals surface area contributed by atoms with Crippen LogP contribution in [0.4, 0.5) is 0 Å². The summed E-state index contributed by atoms with van der Waals surface area (Å²) in [5.41, 5.74) is 2.84. The number of carbonyl (C=O) groups is 1. The number of nitrogens with zero attached hydrogens (tertiary/aromatic N) is 1. The van der Waals surface area contributed by atoms with Crippen LogP contribution in [0.5, 0.6) is 5.75 Å². The van der Waals surface area contributed by atoms with Gasteiger partial charge in [-0.2, -0.15) is 0 Å². The molecule has 0 unspecified atom stereocenters. The zero-order valence-corrected chi connectivity index (χ0v) is 11.4. The first-order valence-electron chi connectivity index (χ1n) is 5.49. The minimum atomic E-state index is -1.16. The van der Waals surface area contributed by atoms with Gasteiger partial charge in [0.2, 0.25) is 5.76 Å². The van der Waals surface area contributed by atoms with Gasteiger partial charge < -0.3 is 14.4 Å². The van der Waals surface area contributed by atoms with Gasteiger partial charge >= 0.3 is 5.97 Å². The molecule has 1 aromatic carbocycles. The molecule has 0 aliphatic heterocycles. The molecular formula is C13H12ClNO4. The molecule has 0 amide bonds. The van der Waals surface area contributed by atoms with Crippen molar-refractivity contribution in [2.24, 2.45) is 0 Å². The third-order valence-corrected chi connectivity index (χ3v) is 3.33. The molecule has 1 N–H and O–H groups in total. The number of aryl methyl sites for hydroxylation is 1. The van der Waals surface area contributed by atoms with Crippen LogP contribution in [0.1, 0.15) is 21.7 Å². The number of rotatable bonds is 3. The number of hydrogen-bond donors (Lipinski definition) is 1. The molecule has 0 bridgehead atoms. The van der Waals surface area contributed by atoms with E-state index in [0.29, 0.717) is 16.5 Å². The Labute approximate surface area is 114 Å². The van der Waals surface area contributed by atoms with Crippen molar-refractivity contribution >= 4 is 17.6 Å². The number of aromatic carboxylic acids is 1. The molecule has 0 spiro atoms. The van der Waals surface area contributed by atoms with Crippen molar-refractivity contribution in [1.82, 2.24) is 5.16 Å². The van der Waals surface area contributed by atoms with E-state index in [1.54, 1.807) is 13.2 Å². The van der Waals surface area contributed by atoms with E-state index in [1.165, 1.54) is 6.07 Å². The lowest BCUT2D eigenvalue weighted by molar-refractivity contribution is 0.0652. The molecule has 0 saturated heterocycles. The number of carboxylic acids is 1. The Hall–Kier alpha value is -2.01. The van der Waals surface area contributed by atoms with Gasteiger partial charge in [0.05, 0.1) is 12.1 Å². The average molecular weight is 282 g/mol. The van der Waals surface area contributed by atoms with Gasteiger partial charge in [-0.05, 0) is 31.0 Å². The van der Waals surface area contributed by atoms with Crippen molar-refractivity contribution in [3.05, 3.63) is 34.0 Å². The summed E-state index contributed by atoms with van der Waals surface area (Å²) < 4.78 is 9.93. The summed E-state index contributed by atoms with van der Waals surface area (Å²) in [4.78, 5) is 10.8. The molecule has 0 fully saturated rings. The van der Waals surface area contributed by atoms with Gasteiger partial charge in [-0.1, -0.05) is 16.8 Å². The van der Waals surface area contributed by atoms with Crippen LogP contribution in [-0.2, 0) is 0 Å². The van der Waals surface area contributed by atoms with E-state index < -0.39 is 5.97 Å². The Kier molecular flexibility index (Phi) is 3.48. The van der Waals surface area contributed by atoms with Crippen molar-refractivity contribution in [1.29, 1.82) is 0 Å². The molecule has 0 aliphatic rings. The quantitative estimate of drug-likeness (QED) is 0.934. The van der Waals surface area contributed by atoms with Gasteiger partial charge in [-0.15, -0.1) is 0 Å². The summed E-state index contributed by atoms with van der Waals surface area (Å²) in [7, 11) is 1.54. The van der Waals surface area contributed by atoms with Crippen LogP contribution in [0.3, 0.4) is 0 Å². The van der Waals surface area contributed by atoms with Crippen LogP contribution in [0.15, 0.2) is 16.7 Å². The second kappa shape index (κ2) is 4.93. The average Bonchev–Trinajstić information content (AvgIpc) is 2.83. The molecule has 1 aromatic heterocycles. The van der Waals surface area contributed by atoms with Gasteiger partial charge in [0, 0.05) is 11.6 Å². The smallest absolute Gasteiger partial charge is 0.374 e. The lowest BCUT2D eigenvalue weighted by Crippen LogP contribution is -1.94. The molecule has 19 heavy (non-hydrogen) atoms. The van der Waals surface area contributed by atoms with E-state index in [1.807, 2.05) is 13.8 Å². The van der Waals surface area contributed by atoms with Crippen molar-refractivity contribution in [2.45, 2.75) is 13.8 Å². The topological polar surface area (TPSA) is 72.6 Å². The van der Waals surface area contributed by atoms with Crippen LogP contribution >= 0.6 is 11.6 Å². The maximum atomic E-state index is 10.8. The molecule has 100 valence electrons. The fourth-order valence-electron chi connectivity index (χ4n) is 1.96. The summed E-state index contributed by atoms with van der Waals surface area (Å²) in [6.07, 6.45) is 0. The van der Waals surface area contributed by atoms with E-state index >= 15 is 0 Å². The zero-order chi connectivity index (χ0) is 14.2. The maximum absolute atomic E-state index is 10.8. The highest BCUT2D eigenvalue weighted by atomic mass is 35.5. The fraction of sp³-hybridized carbons (Fsp3) is 0.231. The molecule has 0 atom stereocenters. The first-order chi connectivity index (χ1) is 8.95. The summed E-state index contributed by atoms with van der Waals surface area (Å²) >= 11 is 6.19. The molecule has 0 saturated carbocycles. The summed E-state index contributed by atoms with van der Waals surface area (Å²) in [6.45, 7) is 3.69. The van der Waals surface area contributed by atoms with Crippen molar-refractivity contribution in [2.75, 3.05) is 7.11 Å². The molecule has 0 aliphatic carbocycles. The number of hydrogen-bond acceptors (Lipinski definition) is 4. The van der Waals surface area contributed by atoms with Crippen LogP contribution in [-0.4, -0.2) is 23.3 Å². The summed E-state index contributed by atoms with van der Waals surface area (Å²) in [6, 6.07) is 3.15. The lowest BCUT2D eigenvalue weighted by atomic mass is 9.99. The van der Waals surface area contributed by atoms with Crippen LogP contribution < -0.4 is 4.74 Å².